The topological polar surface area (TPSA) is 58.9 Å². The number of azo groups is 1. The fourth-order valence-corrected chi connectivity index (χ4v) is 2.25. The number of nitrogens with zero attached hydrogens (tertiary/aromatic N) is 2. The molecule has 88 valence electrons. The molecule has 0 N–H and O–H groups in total. The van der Waals surface area contributed by atoms with Gasteiger partial charge in [0, 0.05) is 0 Å². The first-order valence-electron chi connectivity index (χ1n) is 5.77. The molecule has 1 aliphatic carbocycles. The molecule has 1 aliphatic heterocycles. The van der Waals surface area contributed by atoms with Gasteiger partial charge in [0.1, 0.15) is 0 Å². The molecule has 0 unspecified atom stereocenters. The van der Waals surface area contributed by atoms with E-state index in [-0.39, 0.29) is 0 Å². The van der Waals surface area contributed by atoms with Crippen LogP contribution in [0.3, 0.4) is 0 Å². The third kappa shape index (κ3) is 1.62. The molecule has 1 heterocycles. The van der Waals surface area contributed by atoms with E-state index in [2.05, 4.69) is 16.3 Å². The first kappa shape index (κ1) is 10.8. The van der Waals surface area contributed by atoms with E-state index in [1.54, 1.807) is 12.1 Å². The van der Waals surface area contributed by atoms with Crippen LogP contribution in [-0.2, 0) is 0 Å². The molecule has 0 saturated carbocycles. The van der Waals surface area contributed by atoms with Crippen molar-refractivity contribution in [2.45, 2.75) is 12.8 Å². The molecule has 0 spiro atoms. The Labute approximate surface area is 104 Å². The number of fused-ring (bicyclic) bond motifs is 1. The van der Waals surface area contributed by atoms with Crippen LogP contribution in [0.4, 0.5) is 0 Å². The van der Waals surface area contributed by atoms with Crippen LogP contribution in [0.25, 0.3) is 5.57 Å². The van der Waals surface area contributed by atoms with Crippen LogP contribution < -0.4 is 0 Å². The molecule has 1 aromatic carbocycles. The third-order valence-corrected chi connectivity index (χ3v) is 3.10. The maximum Gasteiger partial charge on any atom is 0.296 e. The van der Waals surface area contributed by atoms with Crippen molar-refractivity contribution in [1.29, 1.82) is 0 Å². The molecule has 3 rings (SSSR count). The first-order valence-corrected chi connectivity index (χ1v) is 5.77. The molecule has 4 nitrogen and oxygen atoms in total. The summed E-state index contributed by atoms with van der Waals surface area (Å²) >= 11 is 0. The summed E-state index contributed by atoms with van der Waals surface area (Å²) in [5, 5.41) is 6.74. The van der Waals surface area contributed by atoms with Crippen molar-refractivity contribution >= 4 is 17.4 Å². The lowest BCUT2D eigenvalue weighted by molar-refractivity contribution is 0.0920. The standard InChI is InChI=1S/C14H10N2O2/c17-13-11-8-4-7-10(9-5-2-1-3-6-9)12(11)14(18)16-15-13/h1-2,4-5,7-8H,3,6H2. The van der Waals surface area contributed by atoms with E-state index in [0.29, 0.717) is 11.1 Å². The molecule has 0 radical (unpaired) electrons. The van der Waals surface area contributed by atoms with Gasteiger partial charge in [-0.05, 0) is 30.0 Å². The highest BCUT2D eigenvalue weighted by Crippen LogP contribution is 2.30. The zero-order valence-corrected chi connectivity index (χ0v) is 9.59. The van der Waals surface area contributed by atoms with E-state index >= 15 is 0 Å². The number of carbonyl (C=O) groups is 2. The zero-order chi connectivity index (χ0) is 12.5. The Kier molecular flexibility index (Phi) is 2.48. The van der Waals surface area contributed by atoms with Gasteiger partial charge in [-0.3, -0.25) is 9.59 Å². The van der Waals surface area contributed by atoms with Crippen LogP contribution in [0.15, 0.2) is 46.7 Å². The summed E-state index contributed by atoms with van der Waals surface area (Å²) < 4.78 is 0. The quantitative estimate of drug-likeness (QED) is 0.754. The second-order valence-corrected chi connectivity index (χ2v) is 4.20. The summed E-state index contributed by atoms with van der Waals surface area (Å²) in [6, 6.07) is 5.26. The van der Waals surface area contributed by atoms with Gasteiger partial charge in [-0.15, -0.1) is 10.2 Å². The monoisotopic (exact) mass is 238 g/mol. The normalized spacial score (nSPS) is 17.7. The van der Waals surface area contributed by atoms with Crippen LogP contribution in [0, 0.1) is 0 Å². The molecular formula is C14H10N2O2. The van der Waals surface area contributed by atoms with Gasteiger partial charge in [-0.1, -0.05) is 30.4 Å². The minimum atomic E-state index is -0.446. The van der Waals surface area contributed by atoms with Gasteiger partial charge >= 0.3 is 0 Å². The van der Waals surface area contributed by atoms with Gasteiger partial charge in [-0.2, -0.15) is 0 Å². The van der Waals surface area contributed by atoms with Crippen LogP contribution in [0.2, 0.25) is 0 Å². The highest BCUT2D eigenvalue weighted by atomic mass is 16.2. The lowest BCUT2D eigenvalue weighted by atomic mass is 9.90. The summed E-state index contributed by atoms with van der Waals surface area (Å²) in [5.41, 5.74) is 2.60. The second-order valence-electron chi connectivity index (χ2n) is 4.20. The number of amides is 2. The summed E-state index contributed by atoms with van der Waals surface area (Å²) in [5.74, 6) is -0.881. The number of hydrogen-bond donors (Lipinski definition) is 0. The number of hydrogen-bond acceptors (Lipinski definition) is 2. The van der Waals surface area contributed by atoms with Crippen LogP contribution in [0.5, 0.6) is 0 Å². The Balaban J connectivity index is 2.21. The number of allylic oxidation sites excluding steroid dienone is 4. The van der Waals surface area contributed by atoms with Gasteiger partial charge in [0.15, 0.2) is 0 Å². The molecule has 1 aromatic rings. The maximum absolute atomic E-state index is 11.8. The Morgan fingerprint density at radius 2 is 1.78 bits per heavy atom. The van der Waals surface area contributed by atoms with E-state index in [1.807, 2.05) is 18.2 Å². The van der Waals surface area contributed by atoms with Gasteiger partial charge in [-0.25, -0.2) is 0 Å². The largest absolute Gasteiger partial charge is 0.296 e. The molecule has 2 aliphatic rings. The fourth-order valence-electron chi connectivity index (χ4n) is 2.25. The number of benzene rings is 1. The number of rotatable bonds is 1. The van der Waals surface area contributed by atoms with Gasteiger partial charge < -0.3 is 0 Å². The minimum Gasteiger partial charge on any atom is -0.265 e. The Morgan fingerprint density at radius 1 is 1.00 bits per heavy atom. The van der Waals surface area contributed by atoms with E-state index in [9.17, 15) is 9.59 Å². The van der Waals surface area contributed by atoms with Crippen molar-refractivity contribution in [3.8, 4) is 0 Å². The summed E-state index contributed by atoms with van der Waals surface area (Å²) in [6.45, 7) is 0. The van der Waals surface area contributed by atoms with Crippen LogP contribution in [-0.4, -0.2) is 11.8 Å². The van der Waals surface area contributed by atoms with E-state index in [1.165, 1.54) is 0 Å². The molecule has 0 atom stereocenters. The molecule has 0 fully saturated rings. The van der Waals surface area contributed by atoms with Crippen molar-refractivity contribution in [3.63, 3.8) is 0 Å². The maximum atomic E-state index is 11.8. The van der Waals surface area contributed by atoms with Gasteiger partial charge in [0.25, 0.3) is 11.8 Å². The minimum absolute atomic E-state index is 0.350. The average Bonchev–Trinajstić information content (AvgIpc) is 2.43. The molecule has 0 saturated heterocycles. The van der Waals surface area contributed by atoms with Crippen molar-refractivity contribution in [3.05, 3.63) is 53.1 Å². The molecule has 18 heavy (non-hydrogen) atoms. The van der Waals surface area contributed by atoms with Crippen molar-refractivity contribution in [1.82, 2.24) is 0 Å². The highest BCUT2D eigenvalue weighted by molar-refractivity contribution is 6.13. The molecular weight excluding hydrogens is 228 g/mol. The molecule has 0 bridgehead atoms. The van der Waals surface area contributed by atoms with E-state index in [4.69, 9.17) is 0 Å². The Bertz CT molecular complexity index is 639. The Hall–Kier alpha value is -2.36. The second kappa shape index (κ2) is 4.14. The fraction of sp³-hybridized carbons (Fsp3) is 0.143. The summed E-state index contributed by atoms with van der Waals surface area (Å²) in [7, 11) is 0. The van der Waals surface area contributed by atoms with E-state index in [0.717, 1.165) is 24.0 Å². The molecule has 2 amide bonds. The van der Waals surface area contributed by atoms with Crippen molar-refractivity contribution in [2.24, 2.45) is 10.2 Å². The van der Waals surface area contributed by atoms with Crippen LogP contribution >= 0.6 is 0 Å². The Morgan fingerprint density at radius 3 is 2.56 bits per heavy atom. The smallest absolute Gasteiger partial charge is 0.265 e. The number of carbonyl (C=O) groups excluding carboxylic acids is 2. The van der Waals surface area contributed by atoms with Crippen molar-refractivity contribution < 1.29 is 9.59 Å². The van der Waals surface area contributed by atoms with E-state index < -0.39 is 11.8 Å². The third-order valence-electron chi connectivity index (χ3n) is 3.10. The van der Waals surface area contributed by atoms with Gasteiger partial charge in [0.2, 0.25) is 0 Å². The molecule has 4 heteroatoms. The lowest BCUT2D eigenvalue weighted by Gasteiger charge is -2.15. The SMILES string of the molecule is O=C1N=NC(=O)c2c1cccc2C1=CC=CCC1. The van der Waals surface area contributed by atoms with Crippen molar-refractivity contribution in [2.75, 3.05) is 0 Å². The predicted molar refractivity (Wildman–Crippen MR) is 66.3 cm³/mol. The lowest BCUT2D eigenvalue weighted by Crippen LogP contribution is -2.13. The van der Waals surface area contributed by atoms with Crippen LogP contribution in [0.1, 0.15) is 39.1 Å². The summed E-state index contributed by atoms with van der Waals surface area (Å²) in [4.78, 5) is 23.5. The first-order chi connectivity index (χ1) is 8.77. The average molecular weight is 238 g/mol. The summed E-state index contributed by atoms with van der Waals surface area (Å²) in [6.07, 6.45) is 7.83. The highest BCUT2D eigenvalue weighted by Gasteiger charge is 2.25. The molecule has 0 aromatic heterocycles. The van der Waals surface area contributed by atoms with Gasteiger partial charge in [0.05, 0.1) is 11.1 Å². The predicted octanol–water partition coefficient (Wildman–Crippen LogP) is 3.17. The zero-order valence-electron chi connectivity index (χ0n) is 9.59.